The number of rotatable bonds is 5. The maximum atomic E-state index is 10.3. The molecule has 0 heterocycles. The van der Waals surface area contributed by atoms with Gasteiger partial charge in [0.15, 0.2) is 0 Å². The Morgan fingerprint density at radius 1 is 0.929 bits per heavy atom. The lowest BCUT2D eigenvalue weighted by molar-refractivity contribution is -0.122. The smallest absolute Gasteiger partial charge is 0.0543 e. The molecule has 0 saturated heterocycles. The van der Waals surface area contributed by atoms with E-state index < -0.39 is 0 Å². The number of aliphatic hydroxyl groups is 1. The third kappa shape index (κ3) is 3.72. The van der Waals surface area contributed by atoms with E-state index in [0.29, 0.717) is 5.41 Å². The summed E-state index contributed by atoms with van der Waals surface area (Å²) in [6.45, 7) is 12.6. The van der Waals surface area contributed by atoms with Gasteiger partial charge in [0.2, 0.25) is 0 Å². The van der Waals surface area contributed by atoms with E-state index in [4.69, 9.17) is 0 Å². The van der Waals surface area contributed by atoms with Crippen LogP contribution in [0.5, 0.6) is 0 Å². The van der Waals surface area contributed by atoms with Gasteiger partial charge in [-0.25, -0.2) is 0 Å². The highest BCUT2D eigenvalue weighted by molar-refractivity contribution is 5.07. The molecule has 162 valence electrons. The van der Waals surface area contributed by atoms with Crippen molar-refractivity contribution in [1.82, 2.24) is 0 Å². The third-order valence-corrected chi connectivity index (χ3v) is 10.5. The first-order valence-electron chi connectivity index (χ1n) is 13.0. The van der Waals surface area contributed by atoms with Crippen molar-refractivity contribution in [3.8, 4) is 0 Å². The van der Waals surface area contributed by atoms with Crippen molar-refractivity contribution in [3.63, 3.8) is 0 Å². The van der Waals surface area contributed by atoms with Crippen molar-refractivity contribution in [2.24, 2.45) is 58.7 Å². The molecule has 0 aliphatic heterocycles. The molecule has 28 heavy (non-hydrogen) atoms. The van der Waals surface area contributed by atoms with Crippen LogP contribution in [0.15, 0.2) is 0 Å². The van der Waals surface area contributed by atoms with Crippen LogP contribution in [0.25, 0.3) is 0 Å². The first-order valence-corrected chi connectivity index (χ1v) is 13.0. The van der Waals surface area contributed by atoms with Crippen molar-refractivity contribution in [2.75, 3.05) is 0 Å². The Morgan fingerprint density at radius 2 is 1.68 bits per heavy atom. The molecule has 4 fully saturated rings. The molecule has 4 aliphatic rings. The summed E-state index contributed by atoms with van der Waals surface area (Å²) in [5.41, 5.74) is 0.530. The van der Waals surface area contributed by atoms with Gasteiger partial charge in [-0.05, 0) is 110 Å². The minimum absolute atomic E-state index is 0.00839. The minimum atomic E-state index is -0.00839. The van der Waals surface area contributed by atoms with Gasteiger partial charge in [0.1, 0.15) is 0 Å². The van der Waals surface area contributed by atoms with E-state index in [0.717, 1.165) is 66.1 Å². The highest BCUT2D eigenvalue weighted by Gasteiger charge is 2.58. The molecule has 0 aromatic carbocycles. The van der Waals surface area contributed by atoms with Gasteiger partial charge in [-0.1, -0.05) is 53.9 Å². The van der Waals surface area contributed by atoms with Crippen LogP contribution in [-0.2, 0) is 0 Å². The Labute approximate surface area is 175 Å². The molecule has 1 nitrogen and oxygen atoms in total. The van der Waals surface area contributed by atoms with Crippen LogP contribution in [0.1, 0.15) is 105 Å². The predicted octanol–water partition coefficient (Wildman–Crippen LogP) is 7.32. The zero-order chi connectivity index (χ0) is 20.1. The second kappa shape index (κ2) is 8.24. The molecule has 0 aromatic heterocycles. The standard InChI is InChI=1S/C27H48O/c1-17(2)7-6-8-18(3)22-11-12-24-23-10-9-20-16-21(28)13-14-27(20,5)25(23)15-19(4)26(22)24/h17-26,28H,6-16H2,1-5H3/t18?,19?,20?,21-,22?,23?,24?,25?,26?,27?/m1/s1. The molecule has 10 atom stereocenters. The zero-order valence-corrected chi connectivity index (χ0v) is 19.5. The van der Waals surface area contributed by atoms with Crippen LogP contribution < -0.4 is 0 Å². The van der Waals surface area contributed by atoms with Crippen LogP contribution in [-0.4, -0.2) is 11.2 Å². The number of hydrogen-bond donors (Lipinski definition) is 1. The van der Waals surface area contributed by atoms with Crippen molar-refractivity contribution in [3.05, 3.63) is 0 Å². The number of hydrogen-bond acceptors (Lipinski definition) is 1. The van der Waals surface area contributed by atoms with Crippen LogP contribution in [0.4, 0.5) is 0 Å². The Morgan fingerprint density at radius 3 is 2.43 bits per heavy atom. The molecule has 0 aromatic rings. The molecule has 1 N–H and O–H groups in total. The van der Waals surface area contributed by atoms with Gasteiger partial charge in [0.25, 0.3) is 0 Å². The lowest BCUT2D eigenvalue weighted by Crippen LogP contribution is -2.53. The van der Waals surface area contributed by atoms with Gasteiger partial charge in [0.05, 0.1) is 6.10 Å². The second-order valence-electron chi connectivity index (χ2n) is 12.5. The summed E-state index contributed by atoms with van der Waals surface area (Å²) in [7, 11) is 0. The van der Waals surface area contributed by atoms with Crippen molar-refractivity contribution < 1.29 is 5.11 Å². The molecule has 4 saturated carbocycles. The fourth-order valence-corrected chi connectivity index (χ4v) is 9.09. The molecule has 1 heteroatoms. The molecular formula is C27H48O. The minimum Gasteiger partial charge on any atom is -0.393 e. The first-order chi connectivity index (χ1) is 13.3. The molecule has 0 amide bonds. The van der Waals surface area contributed by atoms with E-state index in [9.17, 15) is 5.11 Å². The summed E-state index contributed by atoms with van der Waals surface area (Å²) >= 11 is 0. The van der Waals surface area contributed by atoms with Crippen LogP contribution in [0.2, 0.25) is 0 Å². The Kier molecular flexibility index (Phi) is 6.24. The van der Waals surface area contributed by atoms with Crippen LogP contribution >= 0.6 is 0 Å². The topological polar surface area (TPSA) is 20.2 Å². The van der Waals surface area contributed by atoms with E-state index in [1.165, 1.54) is 57.8 Å². The van der Waals surface area contributed by atoms with Gasteiger partial charge in [0, 0.05) is 0 Å². The Hall–Kier alpha value is -0.0400. The quantitative estimate of drug-likeness (QED) is 0.523. The van der Waals surface area contributed by atoms with E-state index in [1.54, 1.807) is 0 Å². The van der Waals surface area contributed by atoms with Gasteiger partial charge in [-0.15, -0.1) is 0 Å². The second-order valence-corrected chi connectivity index (χ2v) is 12.5. The highest BCUT2D eigenvalue weighted by Crippen LogP contribution is 2.65. The van der Waals surface area contributed by atoms with Gasteiger partial charge < -0.3 is 5.11 Å². The third-order valence-electron chi connectivity index (χ3n) is 10.5. The van der Waals surface area contributed by atoms with Gasteiger partial charge in [-0.2, -0.15) is 0 Å². The van der Waals surface area contributed by atoms with Gasteiger partial charge >= 0.3 is 0 Å². The monoisotopic (exact) mass is 388 g/mol. The maximum Gasteiger partial charge on any atom is 0.0543 e. The van der Waals surface area contributed by atoms with Gasteiger partial charge in [-0.3, -0.25) is 0 Å². The zero-order valence-electron chi connectivity index (χ0n) is 19.5. The summed E-state index contributed by atoms with van der Waals surface area (Å²) in [6, 6.07) is 0. The molecule has 4 rings (SSSR count). The maximum absolute atomic E-state index is 10.3. The summed E-state index contributed by atoms with van der Waals surface area (Å²) in [4.78, 5) is 0. The highest BCUT2D eigenvalue weighted by atomic mass is 16.3. The van der Waals surface area contributed by atoms with E-state index in [1.807, 2.05) is 0 Å². The Bertz CT molecular complexity index is 526. The average molecular weight is 389 g/mol. The fraction of sp³-hybridized carbons (Fsp3) is 1.00. The van der Waals surface area contributed by atoms with E-state index in [2.05, 4.69) is 34.6 Å². The summed E-state index contributed by atoms with van der Waals surface area (Å²) in [6.07, 6.45) is 15.2. The number of aliphatic hydroxyl groups excluding tert-OH is 1. The summed E-state index contributed by atoms with van der Waals surface area (Å²) < 4.78 is 0. The van der Waals surface area contributed by atoms with E-state index >= 15 is 0 Å². The summed E-state index contributed by atoms with van der Waals surface area (Å²) in [5, 5.41) is 10.3. The molecule has 9 unspecified atom stereocenters. The SMILES string of the molecule is CC(C)CCCC(C)C1CCC2C3CCC4C[C@H](O)CCC4(C)C3CC(C)C12. The van der Waals surface area contributed by atoms with Crippen molar-refractivity contribution in [2.45, 2.75) is 111 Å². The lowest BCUT2D eigenvalue weighted by Gasteiger charge is -2.60. The normalized spacial score (nSPS) is 49.4. The molecular weight excluding hydrogens is 340 g/mol. The molecule has 0 spiro atoms. The molecule has 0 radical (unpaired) electrons. The molecule has 0 bridgehead atoms. The first kappa shape index (κ1) is 21.2. The molecule has 4 aliphatic carbocycles. The van der Waals surface area contributed by atoms with Crippen molar-refractivity contribution >= 4 is 0 Å². The summed E-state index contributed by atoms with van der Waals surface area (Å²) in [5.74, 6) is 8.53. The van der Waals surface area contributed by atoms with Crippen molar-refractivity contribution in [1.29, 1.82) is 0 Å². The van der Waals surface area contributed by atoms with E-state index in [-0.39, 0.29) is 6.10 Å². The fourth-order valence-electron chi connectivity index (χ4n) is 9.09. The predicted molar refractivity (Wildman–Crippen MR) is 119 cm³/mol. The Balaban J connectivity index is 1.46. The van der Waals surface area contributed by atoms with Crippen LogP contribution in [0.3, 0.4) is 0 Å². The largest absolute Gasteiger partial charge is 0.393 e. The number of fused-ring (bicyclic) bond motifs is 5. The average Bonchev–Trinajstić information content (AvgIpc) is 3.09. The lowest BCUT2D eigenvalue weighted by atomic mass is 9.45. The van der Waals surface area contributed by atoms with Crippen LogP contribution in [0, 0.1) is 58.7 Å².